The van der Waals surface area contributed by atoms with Gasteiger partial charge in [0.1, 0.15) is 12.4 Å². The average Bonchev–Trinajstić information content (AvgIpc) is 2.71. The number of anilines is 1. The van der Waals surface area contributed by atoms with Crippen molar-refractivity contribution in [3.8, 4) is 11.5 Å². The van der Waals surface area contributed by atoms with Crippen molar-refractivity contribution >= 4 is 21.8 Å². The van der Waals surface area contributed by atoms with E-state index in [2.05, 4.69) is 5.32 Å². The number of para-hydroxylation sites is 1. The minimum Gasteiger partial charge on any atom is -0.493 e. The summed E-state index contributed by atoms with van der Waals surface area (Å²) in [6, 6.07) is 10.1. The molecule has 2 aromatic rings. The molecule has 0 saturated carbocycles. The Morgan fingerprint density at radius 3 is 2.30 bits per heavy atom. The van der Waals surface area contributed by atoms with Crippen molar-refractivity contribution < 1.29 is 27.1 Å². The molecule has 0 saturated heterocycles. The first-order chi connectivity index (χ1) is 14.1. The molecule has 0 heterocycles. The molecule has 2 aromatic carbocycles. The molecule has 0 aliphatic carbocycles. The molecule has 164 valence electrons. The van der Waals surface area contributed by atoms with Gasteiger partial charge in [0, 0.05) is 14.1 Å². The number of benzene rings is 2. The largest absolute Gasteiger partial charge is 0.493 e. The zero-order chi connectivity index (χ0) is 22.5. The van der Waals surface area contributed by atoms with Gasteiger partial charge in [-0.05, 0) is 36.8 Å². The highest BCUT2D eigenvalue weighted by Crippen LogP contribution is 2.30. The van der Waals surface area contributed by atoms with Gasteiger partial charge in [0.15, 0.2) is 11.5 Å². The van der Waals surface area contributed by atoms with E-state index in [1.165, 1.54) is 46.5 Å². The molecule has 2 rings (SSSR count). The first-order valence-electron chi connectivity index (χ1n) is 9.07. The summed E-state index contributed by atoms with van der Waals surface area (Å²) in [5, 5.41) is 2.73. The van der Waals surface area contributed by atoms with Crippen LogP contribution in [0.3, 0.4) is 0 Å². The highest BCUT2D eigenvalue weighted by Gasteiger charge is 2.29. The summed E-state index contributed by atoms with van der Waals surface area (Å²) >= 11 is 0. The lowest BCUT2D eigenvalue weighted by Crippen LogP contribution is -2.46. The maximum Gasteiger partial charge on any atom is 0.304 e. The Kier molecular flexibility index (Phi) is 7.63. The van der Waals surface area contributed by atoms with Crippen LogP contribution < -0.4 is 19.1 Å². The number of carbonyl (C=O) groups excluding carboxylic acids is 1. The van der Waals surface area contributed by atoms with Crippen molar-refractivity contribution in [1.29, 1.82) is 0 Å². The molecule has 0 aliphatic heterocycles. The van der Waals surface area contributed by atoms with E-state index in [-0.39, 0.29) is 5.69 Å². The first kappa shape index (κ1) is 23.4. The van der Waals surface area contributed by atoms with Crippen molar-refractivity contribution in [3.05, 3.63) is 53.8 Å². The summed E-state index contributed by atoms with van der Waals surface area (Å²) in [6.07, 6.45) is 0. The van der Waals surface area contributed by atoms with Crippen molar-refractivity contribution in [1.82, 2.24) is 9.62 Å². The molecule has 0 radical (unpaired) electrons. The molecule has 10 heteroatoms. The van der Waals surface area contributed by atoms with Crippen LogP contribution in [0.2, 0.25) is 0 Å². The van der Waals surface area contributed by atoms with Crippen LogP contribution >= 0.6 is 0 Å². The van der Waals surface area contributed by atoms with Gasteiger partial charge in [0.2, 0.25) is 5.91 Å². The van der Waals surface area contributed by atoms with E-state index >= 15 is 0 Å². The lowest BCUT2D eigenvalue weighted by atomic mass is 10.1. The number of ether oxygens (including phenoxy) is 2. The third-order valence-electron chi connectivity index (χ3n) is 4.43. The second kappa shape index (κ2) is 9.77. The fourth-order valence-electron chi connectivity index (χ4n) is 2.77. The molecule has 8 nitrogen and oxygen atoms in total. The number of amides is 1. The molecule has 0 bridgehead atoms. The molecule has 0 unspecified atom stereocenters. The molecular formula is C20H26FN3O5S. The summed E-state index contributed by atoms with van der Waals surface area (Å²) in [5.74, 6) is -0.295. The second-order valence-corrected chi connectivity index (χ2v) is 8.72. The number of methoxy groups -OCH3 is 2. The van der Waals surface area contributed by atoms with Crippen LogP contribution in [-0.2, 0) is 15.0 Å². The number of hydrogen-bond acceptors (Lipinski definition) is 5. The SMILES string of the molecule is COc1ccc([C@H](C)NC(=O)CN(c2ccccc2F)S(=O)(=O)N(C)C)cc1OC. The number of nitrogens with zero attached hydrogens (tertiary/aromatic N) is 2. The molecule has 1 amide bonds. The molecule has 1 N–H and O–H groups in total. The van der Waals surface area contributed by atoms with Gasteiger partial charge in [0.25, 0.3) is 0 Å². The van der Waals surface area contributed by atoms with Crippen LogP contribution in [0.15, 0.2) is 42.5 Å². The number of halogens is 1. The normalized spacial score (nSPS) is 12.4. The van der Waals surface area contributed by atoms with Crippen molar-refractivity contribution in [2.24, 2.45) is 0 Å². The molecule has 0 aromatic heterocycles. The zero-order valence-electron chi connectivity index (χ0n) is 17.5. The van der Waals surface area contributed by atoms with Crippen molar-refractivity contribution in [2.45, 2.75) is 13.0 Å². The van der Waals surface area contributed by atoms with Gasteiger partial charge >= 0.3 is 10.2 Å². The van der Waals surface area contributed by atoms with E-state index in [4.69, 9.17) is 9.47 Å². The predicted octanol–water partition coefficient (Wildman–Crippen LogP) is 2.33. The lowest BCUT2D eigenvalue weighted by Gasteiger charge is -2.27. The fraction of sp³-hybridized carbons (Fsp3) is 0.350. The summed E-state index contributed by atoms with van der Waals surface area (Å²) in [4.78, 5) is 12.7. The number of nitrogens with one attached hydrogen (secondary N) is 1. The van der Waals surface area contributed by atoms with E-state index in [9.17, 15) is 17.6 Å². The Bertz CT molecular complexity index is 998. The third kappa shape index (κ3) is 5.19. The monoisotopic (exact) mass is 439 g/mol. The van der Waals surface area contributed by atoms with Gasteiger partial charge in [-0.2, -0.15) is 12.7 Å². The zero-order valence-corrected chi connectivity index (χ0v) is 18.4. The molecule has 0 aliphatic rings. The maximum absolute atomic E-state index is 14.3. The average molecular weight is 440 g/mol. The molecule has 0 spiro atoms. The van der Waals surface area contributed by atoms with Crippen molar-refractivity contribution in [2.75, 3.05) is 39.2 Å². The van der Waals surface area contributed by atoms with E-state index < -0.39 is 34.5 Å². The Labute approximate surface area is 176 Å². The van der Waals surface area contributed by atoms with Crippen LogP contribution in [0.1, 0.15) is 18.5 Å². The minimum atomic E-state index is -4.10. The predicted molar refractivity (Wildman–Crippen MR) is 112 cm³/mol. The van der Waals surface area contributed by atoms with Gasteiger partial charge in [0.05, 0.1) is 25.9 Å². The quantitative estimate of drug-likeness (QED) is 0.648. The number of hydrogen-bond donors (Lipinski definition) is 1. The second-order valence-electron chi connectivity index (χ2n) is 6.65. The van der Waals surface area contributed by atoms with Gasteiger partial charge in [-0.3, -0.25) is 4.79 Å². The summed E-state index contributed by atoms with van der Waals surface area (Å²) < 4.78 is 51.8. The lowest BCUT2D eigenvalue weighted by molar-refractivity contribution is -0.120. The molecule has 0 fully saturated rings. The van der Waals surface area contributed by atoms with Gasteiger partial charge < -0.3 is 14.8 Å². The highest BCUT2D eigenvalue weighted by atomic mass is 32.2. The number of carbonyl (C=O) groups is 1. The Morgan fingerprint density at radius 2 is 1.73 bits per heavy atom. The van der Waals surface area contributed by atoms with Crippen molar-refractivity contribution in [3.63, 3.8) is 0 Å². The highest BCUT2D eigenvalue weighted by molar-refractivity contribution is 7.90. The Balaban J connectivity index is 2.25. The Morgan fingerprint density at radius 1 is 1.10 bits per heavy atom. The Hall–Kier alpha value is -2.85. The maximum atomic E-state index is 14.3. The third-order valence-corrected chi connectivity index (χ3v) is 6.24. The summed E-state index contributed by atoms with van der Waals surface area (Å²) in [5.41, 5.74) is 0.522. The van der Waals surface area contributed by atoms with E-state index in [0.29, 0.717) is 11.5 Å². The smallest absolute Gasteiger partial charge is 0.304 e. The molecular weight excluding hydrogens is 413 g/mol. The standard InChI is InChI=1S/C20H26FN3O5S/c1-14(15-10-11-18(28-4)19(12-15)29-5)22-20(25)13-24(30(26,27)23(2)3)17-9-7-6-8-16(17)21/h6-12,14H,13H2,1-5H3,(H,22,25)/t14-/m0/s1. The summed E-state index contributed by atoms with van der Waals surface area (Å²) in [6.45, 7) is 1.16. The van der Waals surface area contributed by atoms with Crippen LogP contribution in [0.25, 0.3) is 0 Å². The van der Waals surface area contributed by atoms with Gasteiger partial charge in [-0.25, -0.2) is 8.70 Å². The molecule has 1 atom stereocenters. The van der Waals surface area contributed by atoms with Gasteiger partial charge in [-0.15, -0.1) is 0 Å². The summed E-state index contributed by atoms with van der Waals surface area (Å²) in [7, 11) is 1.55. The van der Waals surface area contributed by atoms with Crippen LogP contribution in [0, 0.1) is 5.82 Å². The topological polar surface area (TPSA) is 88.2 Å². The van der Waals surface area contributed by atoms with Crippen LogP contribution in [0.4, 0.5) is 10.1 Å². The van der Waals surface area contributed by atoms with Gasteiger partial charge in [-0.1, -0.05) is 18.2 Å². The first-order valence-corrected chi connectivity index (χ1v) is 10.5. The van der Waals surface area contributed by atoms with Crippen LogP contribution in [0.5, 0.6) is 11.5 Å². The number of rotatable bonds is 9. The fourth-order valence-corrected chi connectivity index (χ4v) is 3.84. The van der Waals surface area contributed by atoms with Crippen LogP contribution in [-0.4, -0.2) is 53.5 Å². The molecule has 30 heavy (non-hydrogen) atoms. The van der Waals surface area contributed by atoms with E-state index in [1.54, 1.807) is 25.1 Å². The van der Waals surface area contributed by atoms with E-state index in [1.807, 2.05) is 0 Å². The minimum absolute atomic E-state index is 0.208. The van der Waals surface area contributed by atoms with E-state index in [0.717, 1.165) is 20.2 Å².